The summed E-state index contributed by atoms with van der Waals surface area (Å²) in [6, 6.07) is 8.97. The molecule has 0 unspecified atom stereocenters. The molecule has 17 heavy (non-hydrogen) atoms. The molecule has 0 saturated heterocycles. The lowest BCUT2D eigenvalue weighted by Crippen LogP contribution is -2.31. The average Bonchev–Trinajstić information content (AvgIpc) is 2.37. The Morgan fingerprint density at radius 2 is 1.71 bits per heavy atom. The van der Waals surface area contributed by atoms with Gasteiger partial charge in [-0.15, -0.1) is 0 Å². The number of benzene rings is 1. The fraction of sp³-hybridized carbons (Fsp3) is 0.571. The zero-order valence-electron chi connectivity index (χ0n) is 10.5. The molecule has 96 valence electrons. The predicted octanol–water partition coefficient (Wildman–Crippen LogP) is 5.17. The van der Waals surface area contributed by atoms with Gasteiger partial charge in [0.25, 0.3) is 0 Å². The van der Waals surface area contributed by atoms with Gasteiger partial charge in [-0.2, -0.15) is 11.8 Å². The quantitative estimate of drug-likeness (QED) is 0.465. The third kappa shape index (κ3) is 4.29. The van der Waals surface area contributed by atoms with Crippen molar-refractivity contribution in [3.05, 3.63) is 35.4 Å². The Kier molecular flexibility index (Phi) is 7.20. The van der Waals surface area contributed by atoms with E-state index in [0.717, 1.165) is 10.7 Å². The molecule has 0 aliphatic heterocycles. The number of rotatable bonds is 7. The largest absolute Gasteiger partial charge is 0.162 e. The number of hydrogen-bond donors (Lipinski definition) is 0. The first-order chi connectivity index (χ1) is 8.18. The monoisotopic (exact) mass is 378 g/mol. The molecule has 0 saturated carbocycles. The molecule has 0 spiro atoms. The summed E-state index contributed by atoms with van der Waals surface area (Å²) in [6.07, 6.45) is 1.21. The SMILES string of the molecule is CCSCCC(CBr)(CBr)c1ccc(C)cc1. The topological polar surface area (TPSA) is 0 Å². The second-order valence-electron chi connectivity index (χ2n) is 4.36. The van der Waals surface area contributed by atoms with Crippen molar-refractivity contribution in [1.29, 1.82) is 0 Å². The molecule has 0 atom stereocenters. The maximum absolute atomic E-state index is 3.70. The third-order valence-corrected chi connectivity index (χ3v) is 6.15. The van der Waals surface area contributed by atoms with Crippen molar-refractivity contribution in [3.8, 4) is 0 Å². The standard InChI is InChI=1S/C14H20Br2S/c1-3-17-9-8-14(10-15,11-16)13-6-4-12(2)5-7-13/h4-7H,3,8-11H2,1-2H3. The predicted molar refractivity (Wildman–Crippen MR) is 88.1 cm³/mol. The lowest BCUT2D eigenvalue weighted by Gasteiger charge is -2.30. The Morgan fingerprint density at radius 3 is 2.18 bits per heavy atom. The van der Waals surface area contributed by atoms with Crippen LogP contribution in [0.3, 0.4) is 0 Å². The van der Waals surface area contributed by atoms with Gasteiger partial charge < -0.3 is 0 Å². The van der Waals surface area contributed by atoms with E-state index in [1.807, 2.05) is 11.8 Å². The van der Waals surface area contributed by atoms with E-state index in [1.165, 1.54) is 29.1 Å². The number of alkyl halides is 2. The summed E-state index contributed by atoms with van der Waals surface area (Å²) in [5.74, 6) is 2.43. The van der Waals surface area contributed by atoms with Crippen molar-refractivity contribution in [2.75, 3.05) is 22.2 Å². The van der Waals surface area contributed by atoms with E-state index in [-0.39, 0.29) is 5.41 Å². The van der Waals surface area contributed by atoms with Crippen LogP contribution >= 0.6 is 43.6 Å². The number of aryl methyl sites for hydroxylation is 1. The minimum atomic E-state index is 0.232. The highest BCUT2D eigenvalue weighted by molar-refractivity contribution is 9.09. The van der Waals surface area contributed by atoms with Gasteiger partial charge in [-0.1, -0.05) is 68.6 Å². The normalized spacial score (nSPS) is 11.8. The maximum Gasteiger partial charge on any atom is 0.0154 e. The first-order valence-electron chi connectivity index (χ1n) is 5.95. The van der Waals surface area contributed by atoms with E-state index in [9.17, 15) is 0 Å². The van der Waals surface area contributed by atoms with Gasteiger partial charge in [0, 0.05) is 16.1 Å². The highest BCUT2D eigenvalue weighted by Gasteiger charge is 2.29. The van der Waals surface area contributed by atoms with Crippen molar-refractivity contribution >= 4 is 43.6 Å². The summed E-state index contributed by atoms with van der Waals surface area (Å²) in [4.78, 5) is 0. The second-order valence-corrected chi connectivity index (χ2v) is 6.88. The Labute approximate surface area is 126 Å². The Bertz CT molecular complexity index is 317. The molecular formula is C14H20Br2S. The van der Waals surface area contributed by atoms with Gasteiger partial charge in [-0.05, 0) is 30.4 Å². The lowest BCUT2D eigenvalue weighted by molar-refractivity contribution is 0.539. The van der Waals surface area contributed by atoms with Crippen LogP contribution in [0.1, 0.15) is 24.5 Å². The number of halogens is 2. The maximum atomic E-state index is 3.70. The van der Waals surface area contributed by atoms with Crippen LogP contribution in [0.4, 0.5) is 0 Å². The second kappa shape index (κ2) is 7.85. The highest BCUT2D eigenvalue weighted by atomic mass is 79.9. The summed E-state index contributed by atoms with van der Waals surface area (Å²) < 4.78 is 0. The minimum Gasteiger partial charge on any atom is -0.162 e. The van der Waals surface area contributed by atoms with Crippen molar-refractivity contribution in [2.45, 2.75) is 25.7 Å². The fourth-order valence-electron chi connectivity index (χ4n) is 1.79. The zero-order chi connectivity index (χ0) is 12.7. The summed E-state index contributed by atoms with van der Waals surface area (Å²) in [5.41, 5.74) is 3.00. The molecule has 0 amide bonds. The van der Waals surface area contributed by atoms with Crippen LogP contribution in [0.2, 0.25) is 0 Å². The van der Waals surface area contributed by atoms with Crippen LogP contribution in [-0.2, 0) is 5.41 Å². The Hall–Kier alpha value is 0.530. The highest BCUT2D eigenvalue weighted by Crippen LogP contribution is 2.33. The molecule has 0 aliphatic rings. The van der Waals surface area contributed by atoms with Crippen LogP contribution < -0.4 is 0 Å². The fourth-order valence-corrected chi connectivity index (χ4v) is 4.75. The molecule has 3 heteroatoms. The van der Waals surface area contributed by atoms with E-state index in [2.05, 4.69) is 70.0 Å². The molecule has 0 N–H and O–H groups in total. The minimum absolute atomic E-state index is 0.232. The molecule has 0 fully saturated rings. The van der Waals surface area contributed by atoms with E-state index in [4.69, 9.17) is 0 Å². The van der Waals surface area contributed by atoms with Crippen molar-refractivity contribution in [3.63, 3.8) is 0 Å². The molecule has 0 nitrogen and oxygen atoms in total. The van der Waals surface area contributed by atoms with Gasteiger partial charge in [0.2, 0.25) is 0 Å². The molecule has 1 aromatic rings. The van der Waals surface area contributed by atoms with Gasteiger partial charge in [0.1, 0.15) is 0 Å². The van der Waals surface area contributed by atoms with E-state index in [1.54, 1.807) is 0 Å². The summed E-state index contributed by atoms with van der Waals surface area (Å²) in [5, 5.41) is 2.02. The van der Waals surface area contributed by atoms with E-state index in [0.29, 0.717) is 0 Å². The van der Waals surface area contributed by atoms with Crippen LogP contribution in [0.5, 0.6) is 0 Å². The zero-order valence-corrected chi connectivity index (χ0v) is 14.5. The molecule has 1 rings (SSSR count). The molecular weight excluding hydrogens is 360 g/mol. The third-order valence-electron chi connectivity index (χ3n) is 3.10. The van der Waals surface area contributed by atoms with Crippen LogP contribution in [0.15, 0.2) is 24.3 Å². The first-order valence-corrected chi connectivity index (χ1v) is 9.35. The van der Waals surface area contributed by atoms with Crippen LogP contribution in [-0.4, -0.2) is 22.2 Å². The van der Waals surface area contributed by atoms with Crippen molar-refractivity contribution < 1.29 is 0 Å². The average molecular weight is 380 g/mol. The molecule has 0 aromatic heterocycles. The first kappa shape index (κ1) is 15.6. The van der Waals surface area contributed by atoms with Crippen LogP contribution in [0, 0.1) is 6.92 Å². The van der Waals surface area contributed by atoms with Crippen molar-refractivity contribution in [1.82, 2.24) is 0 Å². The van der Waals surface area contributed by atoms with Crippen molar-refractivity contribution in [2.24, 2.45) is 0 Å². The van der Waals surface area contributed by atoms with Gasteiger partial charge in [-0.25, -0.2) is 0 Å². The van der Waals surface area contributed by atoms with E-state index >= 15 is 0 Å². The molecule has 0 bridgehead atoms. The molecule has 1 aromatic carbocycles. The van der Waals surface area contributed by atoms with Gasteiger partial charge in [0.15, 0.2) is 0 Å². The van der Waals surface area contributed by atoms with Gasteiger partial charge in [-0.3, -0.25) is 0 Å². The summed E-state index contributed by atoms with van der Waals surface area (Å²) >= 11 is 9.42. The molecule has 0 aliphatic carbocycles. The van der Waals surface area contributed by atoms with E-state index < -0.39 is 0 Å². The number of hydrogen-bond acceptors (Lipinski definition) is 1. The van der Waals surface area contributed by atoms with Gasteiger partial charge >= 0.3 is 0 Å². The molecule has 0 radical (unpaired) electrons. The smallest absolute Gasteiger partial charge is 0.0154 e. The number of thioether (sulfide) groups is 1. The Morgan fingerprint density at radius 1 is 1.12 bits per heavy atom. The summed E-state index contributed by atoms with van der Waals surface area (Å²) in [6.45, 7) is 4.36. The lowest BCUT2D eigenvalue weighted by atomic mass is 9.82. The van der Waals surface area contributed by atoms with Gasteiger partial charge in [0.05, 0.1) is 0 Å². The Balaban J connectivity index is 2.85. The molecule has 0 heterocycles. The van der Waals surface area contributed by atoms with Crippen LogP contribution in [0.25, 0.3) is 0 Å². The summed E-state index contributed by atoms with van der Waals surface area (Å²) in [7, 11) is 0.